The lowest BCUT2D eigenvalue weighted by molar-refractivity contribution is -0.139. The number of fused-ring (bicyclic) bond motifs is 6. The Morgan fingerprint density at radius 3 is 1.93 bits per heavy atom. The number of nitrogens with zero attached hydrogens (tertiary/aromatic N) is 3. The van der Waals surface area contributed by atoms with Gasteiger partial charge in [0, 0.05) is 73.8 Å². The second kappa shape index (κ2) is 23.8. The molecule has 368 valence electrons. The first-order chi connectivity index (χ1) is 35.0. The molecule has 2 aromatic heterocycles. The molecule has 0 spiro atoms. The summed E-state index contributed by atoms with van der Waals surface area (Å²) >= 11 is 0. The molecular formula is C59H59N5O8. The fraction of sp³-hybridized carbons (Fsp3) is 0.237. The zero-order valence-electron chi connectivity index (χ0n) is 41.6. The minimum Gasteiger partial charge on any atom is -0.497 e. The summed E-state index contributed by atoms with van der Waals surface area (Å²) in [5.41, 5.74) is 8.03. The van der Waals surface area contributed by atoms with Gasteiger partial charge in [0.2, 0.25) is 0 Å². The second-order valence-corrected chi connectivity index (χ2v) is 17.1. The number of aryl methyl sites for hydroxylation is 1. The topological polar surface area (TPSA) is 165 Å². The number of aromatic amines is 1. The highest BCUT2D eigenvalue weighted by Gasteiger charge is 2.31. The number of esters is 1. The quantitative estimate of drug-likeness (QED) is 0.0352. The van der Waals surface area contributed by atoms with Crippen LogP contribution < -0.4 is 35.3 Å². The van der Waals surface area contributed by atoms with E-state index in [0.29, 0.717) is 27.8 Å². The molecule has 0 saturated carbocycles. The Labute approximate surface area is 418 Å². The molecule has 6 aromatic carbocycles. The smallest absolute Gasteiger partial charge is 0.333 e. The van der Waals surface area contributed by atoms with Crippen LogP contribution >= 0.6 is 0 Å². The lowest BCUT2D eigenvalue weighted by atomic mass is 9.86. The van der Waals surface area contributed by atoms with Crippen molar-refractivity contribution in [3.63, 3.8) is 0 Å². The predicted octanol–water partition coefficient (Wildman–Crippen LogP) is 11.2. The van der Waals surface area contributed by atoms with Crippen molar-refractivity contribution in [2.75, 3.05) is 45.9 Å². The second-order valence-electron chi connectivity index (χ2n) is 17.1. The first-order valence-electron chi connectivity index (χ1n) is 24.0. The Balaban J connectivity index is 0.000000170. The molecule has 0 fully saturated rings. The van der Waals surface area contributed by atoms with Gasteiger partial charge in [-0.3, -0.25) is 14.4 Å². The number of anilines is 2. The predicted molar refractivity (Wildman–Crippen MR) is 288 cm³/mol. The fourth-order valence-electron chi connectivity index (χ4n) is 8.66. The summed E-state index contributed by atoms with van der Waals surface area (Å²) in [7, 11) is 4.80. The van der Waals surface area contributed by atoms with Crippen molar-refractivity contribution in [3.05, 3.63) is 177 Å². The molecule has 13 nitrogen and oxygen atoms in total. The van der Waals surface area contributed by atoms with Crippen LogP contribution in [0.3, 0.4) is 0 Å². The number of amides is 1. The van der Waals surface area contributed by atoms with Gasteiger partial charge in [0.05, 0.1) is 44.4 Å². The molecule has 1 aliphatic heterocycles. The van der Waals surface area contributed by atoms with Gasteiger partial charge in [-0.2, -0.15) is 5.26 Å². The summed E-state index contributed by atoms with van der Waals surface area (Å²) in [6.45, 7) is 11.2. The Morgan fingerprint density at radius 2 is 1.22 bits per heavy atom. The van der Waals surface area contributed by atoms with E-state index in [1.54, 1.807) is 34.3 Å². The van der Waals surface area contributed by atoms with Crippen LogP contribution in [0.4, 0.5) is 11.4 Å². The molecule has 0 bridgehead atoms. The lowest BCUT2D eigenvalue weighted by Gasteiger charge is -2.35. The molecule has 2 N–H and O–H groups in total. The average molecular weight is 966 g/mol. The van der Waals surface area contributed by atoms with Crippen molar-refractivity contribution in [2.45, 2.75) is 53.0 Å². The zero-order chi connectivity index (χ0) is 51.3. The molecule has 0 atom stereocenters. The summed E-state index contributed by atoms with van der Waals surface area (Å²) in [6, 6.07) is 42.1. The highest BCUT2D eigenvalue weighted by atomic mass is 16.5. The lowest BCUT2D eigenvalue weighted by Crippen LogP contribution is -2.31. The van der Waals surface area contributed by atoms with Crippen molar-refractivity contribution in [3.8, 4) is 23.3 Å². The van der Waals surface area contributed by atoms with E-state index >= 15 is 0 Å². The third-order valence-corrected chi connectivity index (χ3v) is 12.3. The molecule has 1 amide bonds. The number of benzene rings is 6. The van der Waals surface area contributed by atoms with Gasteiger partial charge in [-0.15, -0.1) is 0 Å². The Hall–Kier alpha value is -8.63. The molecule has 8 aromatic rings. The van der Waals surface area contributed by atoms with Gasteiger partial charge in [-0.25, -0.2) is 4.79 Å². The van der Waals surface area contributed by atoms with Gasteiger partial charge < -0.3 is 38.7 Å². The Morgan fingerprint density at radius 1 is 0.653 bits per heavy atom. The van der Waals surface area contributed by atoms with Crippen molar-refractivity contribution in [2.24, 2.45) is 0 Å². The standard InChI is InChI=1S/C27H29N3O4.C18H19NO2.C14H11NO2/c1-5-6-14-30-23-10-8-7-9-20(23)25(21-16-19(33-4)11-12-24(21)30)22(17-28)26(31)29-13-15-34-27(32)18(2)3;1-3-4-11-19-16-8-6-5-7-14(16)18(20)15-12-13(21-2)9-10-17(15)19;1-17-9-6-7-13-11(8-9)14(16)10-4-2-3-5-12(10)15-13/h7-12,16H,2,5-6,13-15H2,1,3-4H3,(H,29,31);5-10,12H,3-4,11H2,1-2H3;2-8H,1H3,(H,15,16)/b25-22+;;. The molecule has 13 heteroatoms. The van der Waals surface area contributed by atoms with E-state index in [0.717, 1.165) is 99.9 Å². The van der Waals surface area contributed by atoms with Crippen LogP contribution in [0.15, 0.2) is 155 Å². The number of H-pyrrole nitrogens is 1. The summed E-state index contributed by atoms with van der Waals surface area (Å²) in [5.74, 6) is 0.989. The summed E-state index contributed by atoms with van der Waals surface area (Å²) in [4.78, 5) is 55.1. The number of carbonyl (C=O) groups is 2. The monoisotopic (exact) mass is 965 g/mol. The number of pyridine rings is 2. The highest BCUT2D eigenvalue weighted by molar-refractivity contribution is 6.12. The molecular weight excluding hydrogens is 907 g/mol. The number of nitrogens with one attached hydrogen (secondary N) is 2. The summed E-state index contributed by atoms with van der Waals surface area (Å²) in [5, 5.41) is 15.6. The summed E-state index contributed by atoms with van der Waals surface area (Å²) < 4.78 is 23.1. The van der Waals surface area contributed by atoms with Crippen molar-refractivity contribution in [1.29, 1.82) is 5.26 Å². The molecule has 72 heavy (non-hydrogen) atoms. The number of rotatable bonds is 14. The number of nitriles is 1. The minimum absolute atomic E-state index is 0.0108. The van der Waals surface area contributed by atoms with E-state index in [4.69, 9.17) is 18.9 Å². The number of aromatic nitrogens is 2. The number of ether oxygens (including phenoxy) is 4. The molecule has 0 saturated heterocycles. The average Bonchev–Trinajstić information content (AvgIpc) is 3.41. The van der Waals surface area contributed by atoms with E-state index in [1.807, 2.05) is 121 Å². The maximum Gasteiger partial charge on any atom is 0.333 e. The highest BCUT2D eigenvalue weighted by Crippen LogP contribution is 2.47. The van der Waals surface area contributed by atoms with Crippen LogP contribution in [-0.4, -0.2) is 62.5 Å². The normalized spacial score (nSPS) is 12.0. The van der Waals surface area contributed by atoms with Crippen molar-refractivity contribution >= 4 is 72.4 Å². The molecule has 1 aliphatic rings. The van der Waals surface area contributed by atoms with E-state index in [9.17, 15) is 24.4 Å². The molecule has 0 unspecified atom stereocenters. The van der Waals surface area contributed by atoms with Gasteiger partial charge in [0.15, 0.2) is 10.9 Å². The Bertz CT molecular complexity index is 3510. The third kappa shape index (κ3) is 11.0. The first-order valence-corrected chi connectivity index (χ1v) is 24.0. The third-order valence-electron chi connectivity index (χ3n) is 12.3. The van der Waals surface area contributed by atoms with Crippen LogP contribution in [-0.2, 0) is 20.9 Å². The van der Waals surface area contributed by atoms with Gasteiger partial charge >= 0.3 is 5.97 Å². The number of hydrogen-bond acceptors (Lipinski definition) is 10. The van der Waals surface area contributed by atoms with E-state index in [2.05, 4.69) is 46.3 Å². The molecule has 3 heterocycles. The zero-order valence-corrected chi connectivity index (χ0v) is 41.6. The van der Waals surface area contributed by atoms with Gasteiger partial charge in [0.1, 0.15) is 35.5 Å². The van der Waals surface area contributed by atoms with Gasteiger partial charge in [0.25, 0.3) is 5.91 Å². The number of para-hydroxylation sites is 3. The minimum atomic E-state index is -0.533. The van der Waals surface area contributed by atoms with E-state index in [1.165, 1.54) is 0 Å². The number of unbranched alkanes of at least 4 members (excludes halogenated alkanes) is 2. The van der Waals surface area contributed by atoms with E-state index < -0.39 is 11.9 Å². The van der Waals surface area contributed by atoms with Gasteiger partial charge in [-0.1, -0.05) is 75.7 Å². The first kappa shape index (κ1) is 51.2. The van der Waals surface area contributed by atoms with Crippen LogP contribution in [0.5, 0.6) is 17.2 Å². The van der Waals surface area contributed by atoms with Crippen LogP contribution in [0.1, 0.15) is 57.6 Å². The Kier molecular flexibility index (Phi) is 16.9. The number of carbonyl (C=O) groups excluding carboxylic acids is 2. The van der Waals surface area contributed by atoms with Crippen molar-refractivity contribution < 1.29 is 28.5 Å². The van der Waals surface area contributed by atoms with Crippen molar-refractivity contribution in [1.82, 2.24) is 14.9 Å². The van der Waals surface area contributed by atoms with Crippen LogP contribution in [0.25, 0.3) is 49.2 Å². The maximum absolute atomic E-state index is 13.1. The molecule has 9 rings (SSSR count). The summed E-state index contributed by atoms with van der Waals surface area (Å²) in [6.07, 6.45) is 4.24. The number of methoxy groups -OCH3 is 3. The molecule has 0 radical (unpaired) electrons. The van der Waals surface area contributed by atoms with Crippen LogP contribution in [0, 0.1) is 11.3 Å². The SMILES string of the molecule is C=C(C)C(=O)OCCNC(=O)/C(C#N)=C1\c2ccccc2N(CCCC)c2ccc(OC)cc21.CCCCn1c2ccccc2c(=O)c2cc(OC)ccc21.COc1ccc2[nH]c3ccccc3c(=O)c2c1. The maximum atomic E-state index is 13.1. The molecule has 0 aliphatic carbocycles. The number of hydrogen-bond donors (Lipinski definition) is 2. The van der Waals surface area contributed by atoms with E-state index in [-0.39, 0.29) is 35.2 Å². The van der Waals surface area contributed by atoms with Gasteiger partial charge in [-0.05, 0) is 105 Å². The van der Waals surface area contributed by atoms with Crippen LogP contribution in [0.2, 0.25) is 0 Å². The fourth-order valence-corrected chi connectivity index (χ4v) is 8.66. The largest absolute Gasteiger partial charge is 0.497 e.